The average molecular weight is 519 g/mol. The van der Waals surface area contributed by atoms with Gasteiger partial charge >= 0.3 is 5.97 Å². The number of carbonyl (C=O) groups is 3. The molecule has 8 nitrogen and oxygen atoms in total. The second-order valence-electron chi connectivity index (χ2n) is 9.67. The van der Waals surface area contributed by atoms with E-state index in [1.807, 2.05) is 0 Å². The van der Waals surface area contributed by atoms with Gasteiger partial charge in [-0.25, -0.2) is 0 Å². The summed E-state index contributed by atoms with van der Waals surface area (Å²) in [6.07, 6.45) is 5.32. The number of fused-ring (bicyclic) bond motifs is 1. The van der Waals surface area contributed by atoms with Crippen LogP contribution in [-0.4, -0.2) is 71.8 Å². The van der Waals surface area contributed by atoms with Crippen LogP contribution in [0.4, 0.5) is 5.69 Å². The molecule has 1 aromatic rings. The molecule has 3 heterocycles. The van der Waals surface area contributed by atoms with Gasteiger partial charge in [0.05, 0.1) is 35.3 Å². The van der Waals surface area contributed by atoms with Crippen LogP contribution in [0.5, 0.6) is 0 Å². The minimum absolute atomic E-state index is 0.125. The highest BCUT2D eigenvalue weighted by Crippen LogP contribution is 2.59. The fourth-order valence-electron chi connectivity index (χ4n) is 6.18. The number of aliphatic hydroxyl groups excluding tert-OH is 1. The van der Waals surface area contributed by atoms with E-state index in [0.717, 1.165) is 12.8 Å². The molecule has 3 aliphatic heterocycles. The summed E-state index contributed by atoms with van der Waals surface area (Å²) < 4.78 is 11.8. The molecule has 1 spiro atoms. The van der Waals surface area contributed by atoms with Crippen molar-refractivity contribution >= 4 is 35.1 Å². The quantitative estimate of drug-likeness (QED) is 0.259. The maximum atomic E-state index is 14.3. The van der Waals surface area contributed by atoms with Crippen LogP contribution in [0, 0.1) is 11.8 Å². The van der Waals surface area contributed by atoms with E-state index in [-0.39, 0.29) is 31.6 Å². The van der Waals surface area contributed by atoms with Crippen molar-refractivity contribution in [3.8, 4) is 0 Å². The lowest BCUT2D eigenvalue weighted by Crippen LogP contribution is -2.56. The lowest BCUT2D eigenvalue weighted by molar-refractivity contribution is -0.154. The molecule has 0 radical (unpaired) electrons. The number of benzene rings is 1. The molecule has 1 N–H and O–H groups in total. The fraction of sp³-hybridized carbons (Fsp3) is 0.593. The molecule has 2 amide bonds. The summed E-state index contributed by atoms with van der Waals surface area (Å²) in [6, 6.07) is 6.20. The number of rotatable bonds is 12. The highest BCUT2D eigenvalue weighted by Gasteiger charge is 2.75. The molecule has 2 bridgehead atoms. The van der Waals surface area contributed by atoms with E-state index in [9.17, 15) is 14.4 Å². The van der Waals surface area contributed by atoms with Gasteiger partial charge in [0.25, 0.3) is 5.91 Å². The van der Waals surface area contributed by atoms with Gasteiger partial charge in [0, 0.05) is 19.7 Å². The molecule has 0 aliphatic carbocycles. The number of hydrogen-bond donors (Lipinski definition) is 1. The summed E-state index contributed by atoms with van der Waals surface area (Å²) in [4.78, 5) is 44.3. The van der Waals surface area contributed by atoms with Gasteiger partial charge in [0.15, 0.2) is 0 Å². The Hall–Kier alpha value is -2.42. The number of unbranched alkanes of at least 4 members (excludes halogenated alkanes) is 3. The Labute approximate surface area is 217 Å². The van der Waals surface area contributed by atoms with Gasteiger partial charge in [-0.3, -0.25) is 14.4 Å². The Morgan fingerprint density at radius 2 is 2.06 bits per heavy atom. The predicted molar refractivity (Wildman–Crippen MR) is 136 cm³/mol. The van der Waals surface area contributed by atoms with Crippen molar-refractivity contribution in [1.29, 1.82) is 0 Å². The van der Waals surface area contributed by atoms with E-state index in [0.29, 0.717) is 42.9 Å². The molecule has 196 valence electrons. The van der Waals surface area contributed by atoms with E-state index in [4.69, 9.17) is 26.2 Å². The van der Waals surface area contributed by atoms with Crippen LogP contribution < -0.4 is 4.90 Å². The number of anilines is 1. The van der Waals surface area contributed by atoms with E-state index < -0.39 is 35.6 Å². The van der Waals surface area contributed by atoms with E-state index in [2.05, 4.69) is 6.58 Å². The number of amides is 2. The Balaban J connectivity index is 1.71. The topological polar surface area (TPSA) is 96.4 Å². The Bertz CT molecular complexity index is 1000. The van der Waals surface area contributed by atoms with Crippen molar-refractivity contribution in [2.75, 3.05) is 31.2 Å². The summed E-state index contributed by atoms with van der Waals surface area (Å²) in [5.41, 5.74) is -0.545. The van der Waals surface area contributed by atoms with Crippen LogP contribution >= 0.6 is 11.6 Å². The van der Waals surface area contributed by atoms with Crippen molar-refractivity contribution in [3.63, 3.8) is 0 Å². The molecular formula is C27H35ClN2O6. The molecule has 4 rings (SSSR count). The van der Waals surface area contributed by atoms with E-state index >= 15 is 0 Å². The Kier molecular flexibility index (Phi) is 8.37. The molecule has 5 atom stereocenters. The normalized spacial score (nSPS) is 28.3. The monoisotopic (exact) mass is 518 g/mol. The third kappa shape index (κ3) is 4.55. The van der Waals surface area contributed by atoms with Crippen molar-refractivity contribution in [2.45, 2.75) is 63.2 Å². The van der Waals surface area contributed by atoms with Crippen molar-refractivity contribution < 1.29 is 29.0 Å². The first-order valence-corrected chi connectivity index (χ1v) is 13.2. The second kappa shape index (κ2) is 11.3. The van der Waals surface area contributed by atoms with Gasteiger partial charge in [-0.15, -0.1) is 6.58 Å². The van der Waals surface area contributed by atoms with Crippen molar-refractivity contribution in [1.82, 2.24) is 4.90 Å². The largest absolute Gasteiger partial charge is 0.466 e. The number of likely N-dealkylation sites (tertiary alicyclic amines) is 1. The molecule has 9 heteroatoms. The minimum Gasteiger partial charge on any atom is -0.466 e. The molecule has 1 aromatic carbocycles. The van der Waals surface area contributed by atoms with Gasteiger partial charge < -0.3 is 24.4 Å². The molecule has 0 saturated carbocycles. The maximum Gasteiger partial charge on any atom is 0.312 e. The summed E-state index contributed by atoms with van der Waals surface area (Å²) in [6.45, 7) is 6.47. The zero-order valence-corrected chi connectivity index (χ0v) is 21.5. The second-order valence-corrected chi connectivity index (χ2v) is 10.1. The maximum absolute atomic E-state index is 14.3. The highest BCUT2D eigenvalue weighted by atomic mass is 35.5. The van der Waals surface area contributed by atoms with Crippen molar-refractivity contribution in [3.05, 3.63) is 41.9 Å². The van der Waals surface area contributed by atoms with Crippen LogP contribution in [0.1, 0.15) is 45.4 Å². The Morgan fingerprint density at radius 1 is 1.31 bits per heavy atom. The van der Waals surface area contributed by atoms with Crippen LogP contribution in [0.3, 0.4) is 0 Å². The van der Waals surface area contributed by atoms with Crippen LogP contribution in [0.25, 0.3) is 0 Å². The first-order chi connectivity index (χ1) is 17.4. The lowest BCUT2D eigenvalue weighted by atomic mass is 9.70. The summed E-state index contributed by atoms with van der Waals surface area (Å²) in [5.74, 6) is -2.42. The fourth-order valence-corrected chi connectivity index (χ4v) is 6.42. The van der Waals surface area contributed by atoms with Crippen LogP contribution in [0.15, 0.2) is 36.9 Å². The molecular weight excluding hydrogens is 484 g/mol. The summed E-state index contributed by atoms with van der Waals surface area (Å²) in [5, 5.41) is 9.51. The van der Waals surface area contributed by atoms with Crippen LogP contribution in [0.2, 0.25) is 5.02 Å². The van der Waals surface area contributed by atoms with Gasteiger partial charge in [-0.1, -0.05) is 42.7 Å². The average Bonchev–Trinajstić information content (AvgIpc) is 3.50. The standard InChI is InChI=1S/C27H35ClN2O6/c1-3-15-29(19-12-8-7-11-18(19)28)25(33)23-27-14-13-20(36-27)21(26(34)35-4-2)22(27)24(32)30(23)16-9-5-6-10-17-31/h3,7-8,11-12,20-23,31H,1,4-6,9-10,13-17H2,2H3/t20-,21+,22+,23-,27+/m0/s1. The predicted octanol–water partition coefficient (Wildman–Crippen LogP) is 3.35. The number of halogens is 1. The van der Waals surface area contributed by atoms with Gasteiger partial charge in [0.1, 0.15) is 11.6 Å². The summed E-state index contributed by atoms with van der Waals surface area (Å²) in [7, 11) is 0. The molecule has 3 saturated heterocycles. The number of nitrogens with zero attached hydrogens (tertiary/aromatic N) is 2. The third-order valence-corrected chi connectivity index (χ3v) is 7.94. The van der Waals surface area contributed by atoms with E-state index in [1.165, 1.54) is 0 Å². The van der Waals surface area contributed by atoms with Gasteiger partial charge in [0.2, 0.25) is 5.91 Å². The number of ether oxygens (including phenoxy) is 2. The third-order valence-electron chi connectivity index (χ3n) is 7.62. The van der Waals surface area contributed by atoms with Crippen LogP contribution in [-0.2, 0) is 23.9 Å². The number of carbonyl (C=O) groups excluding carboxylic acids is 3. The van der Waals surface area contributed by atoms with Gasteiger partial charge in [-0.2, -0.15) is 0 Å². The molecule has 3 fully saturated rings. The minimum atomic E-state index is -1.08. The molecule has 0 unspecified atom stereocenters. The summed E-state index contributed by atoms with van der Waals surface area (Å²) >= 11 is 6.47. The molecule has 0 aromatic heterocycles. The SMILES string of the molecule is C=CCN(C(=O)[C@@H]1N(CCCCCCO)C(=O)[C@H]2[C@H](C(=O)OCC)[C@@H]3CC[C@]12O3)c1ccccc1Cl. The zero-order valence-electron chi connectivity index (χ0n) is 20.7. The number of para-hydroxylation sites is 1. The molecule has 3 aliphatic rings. The van der Waals surface area contributed by atoms with Crippen molar-refractivity contribution in [2.24, 2.45) is 11.8 Å². The molecule has 36 heavy (non-hydrogen) atoms. The van der Waals surface area contributed by atoms with Gasteiger partial charge in [-0.05, 0) is 44.7 Å². The highest BCUT2D eigenvalue weighted by molar-refractivity contribution is 6.34. The number of hydrogen-bond acceptors (Lipinski definition) is 6. The Morgan fingerprint density at radius 3 is 2.75 bits per heavy atom. The zero-order chi connectivity index (χ0) is 25.9. The van der Waals surface area contributed by atoms with E-state index in [1.54, 1.807) is 47.1 Å². The first-order valence-electron chi connectivity index (χ1n) is 12.8. The lowest BCUT2D eigenvalue weighted by Gasteiger charge is -2.37. The number of aliphatic hydroxyl groups is 1. The number of esters is 1. The first kappa shape index (κ1) is 26.6. The smallest absolute Gasteiger partial charge is 0.312 e.